The maximum absolute atomic E-state index is 9.94. The number of anilines is 2. The van der Waals surface area contributed by atoms with Crippen molar-refractivity contribution in [2.24, 2.45) is 0 Å². The van der Waals surface area contributed by atoms with Gasteiger partial charge in [0.25, 0.3) is 0 Å². The standard InChI is InChI=1S/C30H29ClN8O/c1-18(20-7-4-3-5-8-20)35-28-21(13-32)14-34-29-25(28)11-22(12-26(29)31)36-30(24-9-6-10-33-19(24)2)27-15-39(38-37-27)23-16-40-17-23/h3-12,14-15,18,23,30,36-38H,16-17H2,1-2H3,(H,34,35)/t18-,30+/m1/s1. The Morgan fingerprint density at radius 2 is 1.95 bits per heavy atom. The van der Waals surface area contributed by atoms with Crippen molar-refractivity contribution in [1.29, 1.82) is 5.26 Å². The molecule has 4 N–H and O–H groups in total. The number of nitrogens with zero attached hydrogens (tertiary/aromatic N) is 4. The Labute approximate surface area is 237 Å². The SMILES string of the molecule is Cc1ncccc1[C@H](Nc1cc(Cl)c2ncc(C#N)c(N[C@H](C)c3ccccc3)c2c1)C1=CN(C2COC2)NN1. The van der Waals surface area contributed by atoms with E-state index in [1.54, 1.807) is 12.4 Å². The second-order valence-electron chi connectivity index (χ2n) is 9.96. The molecule has 6 rings (SSSR count). The van der Waals surface area contributed by atoms with Crippen molar-refractivity contribution >= 4 is 33.9 Å². The Bertz CT molecular complexity index is 1620. The summed E-state index contributed by atoms with van der Waals surface area (Å²) in [5.41, 5.74) is 13.1. The topological polar surface area (TPSA) is 110 Å². The number of ether oxygens (including phenoxy) is 1. The molecule has 2 aromatic carbocycles. The largest absolute Gasteiger partial charge is 0.377 e. The maximum atomic E-state index is 9.94. The third-order valence-corrected chi connectivity index (χ3v) is 7.60. The first-order valence-corrected chi connectivity index (χ1v) is 13.5. The lowest BCUT2D eigenvalue weighted by Gasteiger charge is -2.33. The van der Waals surface area contributed by atoms with E-state index >= 15 is 0 Å². The summed E-state index contributed by atoms with van der Waals surface area (Å²) >= 11 is 6.80. The molecular formula is C30H29ClN8O. The number of hydrogen-bond acceptors (Lipinski definition) is 9. The number of nitriles is 1. The zero-order valence-electron chi connectivity index (χ0n) is 22.1. The van der Waals surface area contributed by atoms with Crippen molar-refractivity contribution < 1.29 is 4.74 Å². The van der Waals surface area contributed by atoms with E-state index in [0.29, 0.717) is 35.0 Å². The molecule has 40 heavy (non-hydrogen) atoms. The van der Waals surface area contributed by atoms with Crippen LogP contribution in [0.3, 0.4) is 0 Å². The highest BCUT2D eigenvalue weighted by atomic mass is 35.5. The van der Waals surface area contributed by atoms with Crippen LogP contribution >= 0.6 is 11.6 Å². The summed E-state index contributed by atoms with van der Waals surface area (Å²) in [6.07, 6.45) is 5.42. The number of benzene rings is 2. The molecule has 0 amide bonds. The van der Waals surface area contributed by atoms with Crippen molar-refractivity contribution in [3.63, 3.8) is 0 Å². The van der Waals surface area contributed by atoms with Gasteiger partial charge in [-0.25, -0.2) is 0 Å². The smallest absolute Gasteiger partial charge is 0.103 e. The minimum Gasteiger partial charge on any atom is -0.377 e. The first kappa shape index (κ1) is 25.9. The quantitative estimate of drug-likeness (QED) is 0.230. The molecule has 0 radical (unpaired) electrons. The van der Waals surface area contributed by atoms with E-state index < -0.39 is 0 Å². The lowest BCUT2D eigenvalue weighted by atomic mass is 10.0. The fourth-order valence-corrected chi connectivity index (χ4v) is 5.26. The Hall–Kier alpha value is -4.36. The molecule has 10 heteroatoms. The Morgan fingerprint density at radius 1 is 1.12 bits per heavy atom. The molecule has 2 atom stereocenters. The van der Waals surface area contributed by atoms with Crippen molar-refractivity contribution in [2.45, 2.75) is 32.0 Å². The number of pyridine rings is 2. The minimum absolute atomic E-state index is 0.0412. The van der Waals surface area contributed by atoms with Crippen LogP contribution in [0.4, 0.5) is 11.4 Å². The molecule has 1 saturated heterocycles. The molecule has 2 aromatic heterocycles. The third kappa shape index (κ3) is 5.00. The molecule has 4 aromatic rings. The van der Waals surface area contributed by atoms with Gasteiger partial charge >= 0.3 is 0 Å². The van der Waals surface area contributed by atoms with Gasteiger partial charge in [-0.2, -0.15) is 5.26 Å². The molecule has 0 aliphatic carbocycles. The van der Waals surface area contributed by atoms with Crippen LogP contribution in [0.15, 0.2) is 78.9 Å². The Kier molecular flexibility index (Phi) is 7.13. The summed E-state index contributed by atoms with van der Waals surface area (Å²) in [5, 5.41) is 20.4. The van der Waals surface area contributed by atoms with Gasteiger partial charge in [-0.15, -0.1) is 5.53 Å². The van der Waals surface area contributed by atoms with Crippen LogP contribution in [-0.2, 0) is 4.74 Å². The van der Waals surface area contributed by atoms with Gasteiger partial charge < -0.3 is 20.8 Å². The van der Waals surface area contributed by atoms with Crippen LogP contribution in [0.2, 0.25) is 5.02 Å². The molecule has 9 nitrogen and oxygen atoms in total. The van der Waals surface area contributed by atoms with E-state index in [2.05, 4.69) is 69.0 Å². The number of hydrogen-bond donors (Lipinski definition) is 4. The highest BCUT2D eigenvalue weighted by Gasteiger charge is 2.31. The summed E-state index contributed by atoms with van der Waals surface area (Å²) in [5.74, 6) is 0. The number of nitrogens with one attached hydrogen (secondary N) is 4. The molecule has 0 unspecified atom stereocenters. The van der Waals surface area contributed by atoms with Gasteiger partial charge in [-0.3, -0.25) is 15.0 Å². The average Bonchev–Trinajstić information content (AvgIpc) is 3.41. The Morgan fingerprint density at radius 3 is 2.67 bits per heavy atom. The Balaban J connectivity index is 1.40. The van der Waals surface area contributed by atoms with Crippen LogP contribution in [0.25, 0.3) is 10.9 Å². The minimum atomic E-state index is -0.257. The van der Waals surface area contributed by atoms with E-state index in [0.717, 1.165) is 33.6 Å². The van der Waals surface area contributed by atoms with Crippen LogP contribution in [0.1, 0.15) is 41.4 Å². The van der Waals surface area contributed by atoms with Crippen molar-refractivity contribution in [2.75, 3.05) is 23.8 Å². The fraction of sp³-hybridized carbons (Fsp3) is 0.233. The summed E-state index contributed by atoms with van der Waals surface area (Å²) in [4.78, 5) is 9.05. The van der Waals surface area contributed by atoms with Crippen molar-refractivity contribution in [3.8, 4) is 6.07 Å². The van der Waals surface area contributed by atoms with Crippen molar-refractivity contribution in [3.05, 3.63) is 106 Å². The number of rotatable bonds is 8. The van der Waals surface area contributed by atoms with Crippen LogP contribution < -0.4 is 21.6 Å². The predicted octanol–water partition coefficient (Wildman–Crippen LogP) is 5.35. The third-order valence-electron chi connectivity index (χ3n) is 7.31. The van der Waals surface area contributed by atoms with Gasteiger partial charge in [-0.1, -0.05) is 48.0 Å². The summed E-state index contributed by atoms with van der Waals surface area (Å²) in [7, 11) is 0. The normalized spacial score (nSPS) is 16.4. The summed E-state index contributed by atoms with van der Waals surface area (Å²) in [6, 6.07) is 20.2. The molecule has 0 bridgehead atoms. The molecular weight excluding hydrogens is 524 g/mol. The van der Waals surface area contributed by atoms with Crippen LogP contribution in [0.5, 0.6) is 0 Å². The lowest BCUT2D eigenvalue weighted by molar-refractivity contribution is -0.0635. The van der Waals surface area contributed by atoms with E-state index in [9.17, 15) is 5.26 Å². The van der Waals surface area contributed by atoms with E-state index in [1.165, 1.54) is 0 Å². The molecule has 2 aliphatic rings. The van der Waals surface area contributed by atoms with Crippen molar-refractivity contribution in [1.82, 2.24) is 25.9 Å². The second kappa shape index (κ2) is 11.0. The molecule has 4 heterocycles. The number of halogens is 1. The van der Waals surface area contributed by atoms with Gasteiger partial charge in [0.2, 0.25) is 0 Å². The molecule has 2 aliphatic heterocycles. The summed E-state index contributed by atoms with van der Waals surface area (Å²) < 4.78 is 5.37. The van der Waals surface area contributed by atoms with Crippen LogP contribution in [-0.4, -0.2) is 34.2 Å². The van der Waals surface area contributed by atoms with Gasteiger partial charge in [0.15, 0.2) is 0 Å². The maximum Gasteiger partial charge on any atom is 0.103 e. The molecule has 202 valence electrons. The lowest BCUT2D eigenvalue weighted by Crippen LogP contribution is -2.52. The number of aromatic nitrogens is 2. The highest BCUT2D eigenvalue weighted by Crippen LogP contribution is 2.37. The number of hydrazine groups is 2. The molecule has 1 fully saturated rings. The van der Waals surface area contributed by atoms with E-state index in [-0.39, 0.29) is 18.1 Å². The monoisotopic (exact) mass is 552 g/mol. The molecule has 0 spiro atoms. The predicted molar refractivity (Wildman–Crippen MR) is 156 cm³/mol. The zero-order chi connectivity index (χ0) is 27.6. The average molecular weight is 553 g/mol. The highest BCUT2D eigenvalue weighted by molar-refractivity contribution is 6.35. The fourth-order valence-electron chi connectivity index (χ4n) is 4.99. The summed E-state index contributed by atoms with van der Waals surface area (Å²) in [6.45, 7) is 5.41. The second-order valence-corrected chi connectivity index (χ2v) is 10.4. The first-order valence-electron chi connectivity index (χ1n) is 13.1. The van der Waals surface area contributed by atoms with Gasteiger partial charge in [0, 0.05) is 47.0 Å². The van der Waals surface area contributed by atoms with Gasteiger partial charge in [0.05, 0.1) is 52.8 Å². The van der Waals surface area contributed by atoms with Gasteiger partial charge in [-0.05, 0) is 37.6 Å². The van der Waals surface area contributed by atoms with E-state index in [4.69, 9.17) is 16.3 Å². The number of fused-ring (bicyclic) bond motifs is 1. The molecule has 0 saturated carbocycles. The van der Waals surface area contributed by atoms with Gasteiger partial charge in [0.1, 0.15) is 6.07 Å². The number of aryl methyl sites for hydroxylation is 1. The first-order chi connectivity index (χ1) is 19.5. The van der Waals surface area contributed by atoms with E-state index in [1.807, 2.05) is 48.3 Å². The zero-order valence-corrected chi connectivity index (χ0v) is 22.9. The van der Waals surface area contributed by atoms with Crippen LogP contribution in [0, 0.1) is 18.3 Å².